The standard InChI is InChI=1S/C12H14F4N2/c13-9-2-1-8-4-6-18(10(8)7-9)11(3-5-17)12(14,15)16/h1-2,7,11H,3-6,17H2. The molecule has 0 bridgehead atoms. The Morgan fingerprint density at radius 3 is 2.67 bits per heavy atom. The van der Waals surface area contributed by atoms with Gasteiger partial charge in [0.2, 0.25) is 0 Å². The highest BCUT2D eigenvalue weighted by Crippen LogP contribution is 2.36. The third-order valence-electron chi connectivity index (χ3n) is 3.17. The summed E-state index contributed by atoms with van der Waals surface area (Å²) < 4.78 is 52.0. The topological polar surface area (TPSA) is 29.3 Å². The number of anilines is 1. The third-order valence-corrected chi connectivity index (χ3v) is 3.17. The van der Waals surface area contributed by atoms with Crippen molar-refractivity contribution in [2.24, 2.45) is 5.73 Å². The molecule has 2 N–H and O–H groups in total. The summed E-state index contributed by atoms with van der Waals surface area (Å²) in [6.45, 7) is 0.203. The number of fused-ring (bicyclic) bond motifs is 1. The quantitative estimate of drug-likeness (QED) is 0.848. The molecule has 0 spiro atoms. The van der Waals surface area contributed by atoms with E-state index in [1.807, 2.05) is 0 Å². The molecular formula is C12H14F4N2. The van der Waals surface area contributed by atoms with E-state index < -0.39 is 18.0 Å². The first kappa shape index (κ1) is 13.1. The van der Waals surface area contributed by atoms with Crippen molar-refractivity contribution in [1.82, 2.24) is 0 Å². The number of halogens is 4. The summed E-state index contributed by atoms with van der Waals surface area (Å²) in [7, 11) is 0. The summed E-state index contributed by atoms with van der Waals surface area (Å²) in [5.41, 5.74) is 6.33. The fraction of sp³-hybridized carbons (Fsp3) is 0.500. The lowest BCUT2D eigenvalue weighted by molar-refractivity contribution is -0.149. The van der Waals surface area contributed by atoms with Crippen LogP contribution in [0.3, 0.4) is 0 Å². The van der Waals surface area contributed by atoms with Gasteiger partial charge < -0.3 is 10.6 Å². The van der Waals surface area contributed by atoms with Crippen LogP contribution in [0.1, 0.15) is 12.0 Å². The molecule has 1 aromatic rings. The first-order chi connectivity index (χ1) is 8.43. The van der Waals surface area contributed by atoms with Crippen LogP contribution in [0.4, 0.5) is 23.2 Å². The van der Waals surface area contributed by atoms with E-state index in [9.17, 15) is 17.6 Å². The number of hydrogen-bond donors (Lipinski definition) is 1. The van der Waals surface area contributed by atoms with Crippen LogP contribution in [0.15, 0.2) is 18.2 Å². The first-order valence-electron chi connectivity index (χ1n) is 5.75. The van der Waals surface area contributed by atoms with Gasteiger partial charge in [0.05, 0.1) is 0 Å². The van der Waals surface area contributed by atoms with Gasteiger partial charge in [0.25, 0.3) is 0 Å². The van der Waals surface area contributed by atoms with E-state index in [0.29, 0.717) is 12.1 Å². The van der Waals surface area contributed by atoms with Crippen molar-refractivity contribution in [3.63, 3.8) is 0 Å². The van der Waals surface area contributed by atoms with Gasteiger partial charge in [-0.2, -0.15) is 13.2 Å². The first-order valence-corrected chi connectivity index (χ1v) is 5.75. The minimum absolute atomic E-state index is 0.0503. The fourth-order valence-electron chi connectivity index (χ4n) is 2.35. The molecule has 0 saturated carbocycles. The van der Waals surface area contributed by atoms with E-state index in [2.05, 4.69) is 0 Å². The van der Waals surface area contributed by atoms with E-state index in [-0.39, 0.29) is 19.5 Å². The Morgan fingerprint density at radius 2 is 2.06 bits per heavy atom. The van der Waals surface area contributed by atoms with Gasteiger partial charge in [0.15, 0.2) is 0 Å². The molecule has 0 fully saturated rings. The molecule has 1 aliphatic rings. The second-order valence-electron chi connectivity index (χ2n) is 4.35. The van der Waals surface area contributed by atoms with E-state index >= 15 is 0 Å². The minimum Gasteiger partial charge on any atom is -0.359 e. The lowest BCUT2D eigenvalue weighted by Gasteiger charge is -2.31. The Hall–Kier alpha value is -1.30. The summed E-state index contributed by atoms with van der Waals surface area (Å²) in [6, 6.07) is 2.34. The Bertz CT molecular complexity index is 431. The summed E-state index contributed by atoms with van der Waals surface area (Å²) >= 11 is 0. The van der Waals surface area contributed by atoms with Crippen LogP contribution in [0, 0.1) is 5.82 Å². The molecule has 1 aliphatic heterocycles. The number of nitrogens with two attached hydrogens (primary N) is 1. The molecule has 2 rings (SSSR count). The molecule has 1 unspecified atom stereocenters. The largest absolute Gasteiger partial charge is 0.408 e. The maximum Gasteiger partial charge on any atom is 0.408 e. The monoisotopic (exact) mass is 262 g/mol. The molecule has 0 aliphatic carbocycles. The molecule has 1 atom stereocenters. The Kier molecular flexibility index (Phi) is 3.47. The molecule has 0 saturated heterocycles. The van der Waals surface area contributed by atoms with Gasteiger partial charge in [-0.25, -0.2) is 4.39 Å². The van der Waals surface area contributed by atoms with E-state index in [0.717, 1.165) is 11.6 Å². The smallest absolute Gasteiger partial charge is 0.359 e. The van der Waals surface area contributed by atoms with Crippen molar-refractivity contribution in [3.05, 3.63) is 29.6 Å². The van der Waals surface area contributed by atoms with Crippen molar-refractivity contribution in [3.8, 4) is 0 Å². The number of nitrogens with zero attached hydrogens (tertiary/aromatic N) is 1. The van der Waals surface area contributed by atoms with Crippen LogP contribution in [0.2, 0.25) is 0 Å². The second-order valence-corrected chi connectivity index (χ2v) is 4.35. The lowest BCUT2D eigenvalue weighted by Crippen LogP contribution is -2.46. The summed E-state index contributed by atoms with van der Waals surface area (Å²) in [5.74, 6) is -0.519. The average molecular weight is 262 g/mol. The average Bonchev–Trinajstić information content (AvgIpc) is 2.67. The van der Waals surface area contributed by atoms with Gasteiger partial charge in [0.1, 0.15) is 11.9 Å². The molecule has 100 valence electrons. The maximum atomic E-state index is 13.1. The SMILES string of the molecule is NCCC(N1CCc2ccc(F)cc21)C(F)(F)F. The third kappa shape index (κ3) is 2.43. The van der Waals surface area contributed by atoms with E-state index in [1.54, 1.807) is 6.07 Å². The molecule has 2 nitrogen and oxygen atoms in total. The van der Waals surface area contributed by atoms with Gasteiger partial charge in [-0.1, -0.05) is 6.07 Å². The van der Waals surface area contributed by atoms with Crippen LogP contribution in [0.25, 0.3) is 0 Å². The van der Waals surface area contributed by atoms with Crippen LogP contribution < -0.4 is 10.6 Å². The highest BCUT2D eigenvalue weighted by molar-refractivity contribution is 5.59. The van der Waals surface area contributed by atoms with Crippen molar-refractivity contribution in [1.29, 1.82) is 0 Å². The van der Waals surface area contributed by atoms with Crippen LogP contribution in [-0.2, 0) is 6.42 Å². The molecular weight excluding hydrogens is 248 g/mol. The summed E-state index contributed by atoms with van der Waals surface area (Å²) in [5, 5.41) is 0. The van der Waals surface area contributed by atoms with Gasteiger partial charge in [-0.15, -0.1) is 0 Å². The zero-order valence-corrected chi connectivity index (χ0v) is 9.67. The number of benzene rings is 1. The van der Waals surface area contributed by atoms with Crippen LogP contribution >= 0.6 is 0 Å². The number of alkyl halides is 3. The van der Waals surface area contributed by atoms with Crippen molar-refractivity contribution >= 4 is 5.69 Å². The molecule has 0 aromatic heterocycles. The number of rotatable bonds is 3. The van der Waals surface area contributed by atoms with Gasteiger partial charge in [0, 0.05) is 12.2 Å². The fourth-order valence-corrected chi connectivity index (χ4v) is 2.35. The van der Waals surface area contributed by atoms with Gasteiger partial charge in [-0.05, 0) is 37.1 Å². The Morgan fingerprint density at radius 1 is 1.33 bits per heavy atom. The summed E-state index contributed by atoms with van der Waals surface area (Å²) in [4.78, 5) is 1.21. The lowest BCUT2D eigenvalue weighted by atomic mass is 10.1. The zero-order valence-electron chi connectivity index (χ0n) is 9.67. The van der Waals surface area contributed by atoms with Crippen molar-refractivity contribution < 1.29 is 17.6 Å². The molecule has 0 amide bonds. The van der Waals surface area contributed by atoms with E-state index in [4.69, 9.17) is 5.73 Å². The van der Waals surface area contributed by atoms with Gasteiger partial charge >= 0.3 is 6.18 Å². The highest BCUT2D eigenvalue weighted by atomic mass is 19.4. The maximum absolute atomic E-state index is 13.1. The summed E-state index contributed by atoms with van der Waals surface area (Å²) in [6.07, 6.45) is -4.03. The predicted octanol–water partition coefficient (Wildman–Crippen LogP) is 2.47. The molecule has 18 heavy (non-hydrogen) atoms. The molecule has 0 radical (unpaired) electrons. The van der Waals surface area contributed by atoms with Gasteiger partial charge in [-0.3, -0.25) is 0 Å². The normalized spacial score (nSPS) is 16.8. The Labute approximate surface area is 102 Å². The predicted molar refractivity (Wildman–Crippen MR) is 61.0 cm³/mol. The number of hydrogen-bond acceptors (Lipinski definition) is 2. The van der Waals surface area contributed by atoms with Crippen molar-refractivity contribution in [2.75, 3.05) is 18.0 Å². The zero-order chi connectivity index (χ0) is 13.3. The second kappa shape index (κ2) is 4.76. The van der Waals surface area contributed by atoms with E-state index in [1.165, 1.54) is 11.0 Å². The molecule has 6 heteroatoms. The Balaban J connectivity index is 2.33. The molecule has 1 heterocycles. The highest BCUT2D eigenvalue weighted by Gasteiger charge is 2.44. The molecule has 1 aromatic carbocycles. The van der Waals surface area contributed by atoms with Crippen LogP contribution in [0.5, 0.6) is 0 Å². The van der Waals surface area contributed by atoms with Crippen molar-refractivity contribution in [2.45, 2.75) is 25.1 Å². The van der Waals surface area contributed by atoms with Crippen LogP contribution in [-0.4, -0.2) is 25.3 Å². The minimum atomic E-state index is -4.35.